The highest BCUT2D eigenvalue weighted by atomic mass is 35.5. The van der Waals surface area contributed by atoms with E-state index in [2.05, 4.69) is 9.84 Å². The molecule has 2 heterocycles. The van der Waals surface area contributed by atoms with Crippen LogP contribution in [0.4, 0.5) is 0 Å². The van der Waals surface area contributed by atoms with E-state index in [0.29, 0.717) is 9.21 Å². The van der Waals surface area contributed by atoms with Crippen LogP contribution in [-0.4, -0.2) is 22.9 Å². The van der Waals surface area contributed by atoms with E-state index < -0.39 is 0 Å². The molecule has 6 heteroatoms. The average molecular weight is 271 g/mol. The Labute approximate surface area is 108 Å². The Balaban J connectivity index is 2.46. The van der Waals surface area contributed by atoms with Gasteiger partial charge in [0.05, 0.1) is 12.8 Å². The summed E-state index contributed by atoms with van der Waals surface area (Å²) in [5.41, 5.74) is 1.72. The van der Waals surface area contributed by atoms with E-state index >= 15 is 0 Å². The van der Waals surface area contributed by atoms with Gasteiger partial charge in [-0.3, -0.25) is 4.68 Å². The van der Waals surface area contributed by atoms with Gasteiger partial charge in [0.1, 0.15) is 9.21 Å². The third kappa shape index (κ3) is 2.21. The van der Waals surface area contributed by atoms with Crippen molar-refractivity contribution in [1.29, 1.82) is 0 Å². The van der Waals surface area contributed by atoms with E-state index in [0.717, 1.165) is 17.8 Å². The number of nitrogens with zero attached hydrogens (tertiary/aromatic N) is 2. The van der Waals surface area contributed by atoms with Crippen molar-refractivity contribution in [1.82, 2.24) is 9.78 Å². The van der Waals surface area contributed by atoms with Crippen LogP contribution in [0.3, 0.4) is 0 Å². The highest BCUT2D eigenvalue weighted by molar-refractivity contribution is 7.18. The summed E-state index contributed by atoms with van der Waals surface area (Å²) in [4.78, 5) is 11.9. The van der Waals surface area contributed by atoms with E-state index in [9.17, 15) is 4.79 Å². The normalized spacial score (nSPS) is 10.5. The van der Waals surface area contributed by atoms with Gasteiger partial charge in [-0.1, -0.05) is 11.6 Å². The first kappa shape index (κ1) is 12.1. The summed E-state index contributed by atoms with van der Waals surface area (Å²) in [5, 5.41) is 4.17. The van der Waals surface area contributed by atoms with Gasteiger partial charge in [0, 0.05) is 18.3 Å². The second kappa shape index (κ2) is 4.89. The van der Waals surface area contributed by atoms with Crippen molar-refractivity contribution in [2.75, 3.05) is 7.11 Å². The van der Waals surface area contributed by atoms with Crippen LogP contribution in [0.25, 0.3) is 11.3 Å². The number of hydrogen-bond acceptors (Lipinski definition) is 4. The van der Waals surface area contributed by atoms with Crippen LogP contribution in [0.15, 0.2) is 18.3 Å². The zero-order chi connectivity index (χ0) is 12.4. The molecule has 0 saturated heterocycles. The fourth-order valence-electron chi connectivity index (χ4n) is 1.56. The summed E-state index contributed by atoms with van der Waals surface area (Å²) in [6, 6.07) is 3.61. The fourth-order valence-corrected chi connectivity index (χ4v) is 2.77. The van der Waals surface area contributed by atoms with Gasteiger partial charge in [-0.15, -0.1) is 11.3 Å². The summed E-state index contributed by atoms with van der Waals surface area (Å²) >= 11 is 7.35. The highest BCUT2D eigenvalue weighted by Gasteiger charge is 2.17. The summed E-state index contributed by atoms with van der Waals surface area (Å²) in [6.07, 6.45) is 1.71. The van der Waals surface area contributed by atoms with Crippen molar-refractivity contribution in [3.8, 4) is 11.3 Å². The monoisotopic (exact) mass is 270 g/mol. The highest BCUT2D eigenvalue weighted by Crippen LogP contribution is 2.35. The molecular formula is C11H11ClN2O2S. The first-order valence-electron chi connectivity index (χ1n) is 5.07. The number of carbonyl (C=O) groups is 1. The van der Waals surface area contributed by atoms with Gasteiger partial charge in [-0.25, -0.2) is 4.79 Å². The molecule has 2 aromatic heterocycles. The maximum absolute atomic E-state index is 11.4. The fraction of sp³-hybridized carbons (Fsp3) is 0.273. The summed E-state index contributed by atoms with van der Waals surface area (Å²) in [7, 11) is 1.35. The van der Waals surface area contributed by atoms with Crippen molar-refractivity contribution in [2.45, 2.75) is 13.5 Å². The Morgan fingerprint density at radius 1 is 1.65 bits per heavy atom. The van der Waals surface area contributed by atoms with Gasteiger partial charge in [0.15, 0.2) is 0 Å². The molecule has 0 fully saturated rings. The second-order valence-electron chi connectivity index (χ2n) is 3.32. The molecule has 0 unspecified atom stereocenters. The minimum absolute atomic E-state index is 0.370. The number of hydrogen-bond donors (Lipinski definition) is 0. The molecule has 2 aromatic rings. The lowest BCUT2D eigenvalue weighted by atomic mass is 10.2. The van der Waals surface area contributed by atoms with Crippen LogP contribution in [0.2, 0.25) is 4.34 Å². The van der Waals surface area contributed by atoms with Gasteiger partial charge < -0.3 is 4.74 Å². The maximum atomic E-state index is 11.4. The van der Waals surface area contributed by atoms with Gasteiger partial charge in [0.2, 0.25) is 0 Å². The number of ether oxygens (including phenoxy) is 1. The lowest BCUT2D eigenvalue weighted by Gasteiger charge is -2.02. The van der Waals surface area contributed by atoms with Crippen LogP contribution in [0.1, 0.15) is 16.6 Å². The Hall–Kier alpha value is -1.33. The van der Waals surface area contributed by atoms with E-state index in [-0.39, 0.29) is 5.97 Å². The number of rotatable bonds is 3. The minimum Gasteiger partial charge on any atom is -0.465 e. The quantitative estimate of drug-likeness (QED) is 0.805. The molecule has 0 aliphatic heterocycles. The lowest BCUT2D eigenvalue weighted by molar-refractivity contribution is 0.0606. The number of methoxy groups -OCH3 is 1. The molecule has 0 amide bonds. The van der Waals surface area contributed by atoms with Crippen molar-refractivity contribution in [3.05, 3.63) is 27.5 Å². The zero-order valence-corrected chi connectivity index (χ0v) is 11.0. The molecule has 0 aliphatic carbocycles. The number of aromatic nitrogens is 2. The van der Waals surface area contributed by atoms with Crippen LogP contribution in [0, 0.1) is 0 Å². The zero-order valence-electron chi connectivity index (χ0n) is 9.44. The van der Waals surface area contributed by atoms with E-state index in [1.165, 1.54) is 18.4 Å². The Bertz CT molecular complexity index is 547. The smallest absolute Gasteiger partial charge is 0.348 e. The van der Waals surface area contributed by atoms with Crippen LogP contribution in [0.5, 0.6) is 0 Å². The number of thiophene rings is 1. The van der Waals surface area contributed by atoms with Crippen molar-refractivity contribution in [2.24, 2.45) is 0 Å². The molecular weight excluding hydrogens is 260 g/mol. The molecule has 0 spiro atoms. The van der Waals surface area contributed by atoms with Crippen molar-refractivity contribution in [3.63, 3.8) is 0 Å². The van der Waals surface area contributed by atoms with Crippen LogP contribution >= 0.6 is 22.9 Å². The molecule has 0 aromatic carbocycles. The Kier molecular flexibility index (Phi) is 3.49. The van der Waals surface area contributed by atoms with Gasteiger partial charge in [0.25, 0.3) is 0 Å². The summed E-state index contributed by atoms with van der Waals surface area (Å²) < 4.78 is 7.07. The topological polar surface area (TPSA) is 44.1 Å². The van der Waals surface area contributed by atoms with E-state index in [4.69, 9.17) is 11.6 Å². The van der Waals surface area contributed by atoms with Crippen molar-refractivity contribution >= 4 is 28.9 Å². The number of aryl methyl sites for hydroxylation is 1. The van der Waals surface area contributed by atoms with Crippen molar-refractivity contribution < 1.29 is 9.53 Å². The largest absolute Gasteiger partial charge is 0.465 e. The molecule has 17 heavy (non-hydrogen) atoms. The summed E-state index contributed by atoms with van der Waals surface area (Å²) in [6.45, 7) is 2.75. The third-order valence-electron chi connectivity index (χ3n) is 2.37. The SMILES string of the molecule is CCn1nccc1-c1cc(C(=O)OC)sc1Cl. The number of esters is 1. The molecule has 0 bridgehead atoms. The van der Waals surface area contributed by atoms with Crippen LogP contribution < -0.4 is 0 Å². The van der Waals surface area contributed by atoms with Gasteiger partial charge in [-0.2, -0.15) is 5.10 Å². The van der Waals surface area contributed by atoms with E-state index in [1.54, 1.807) is 12.3 Å². The molecule has 0 atom stereocenters. The number of carbonyl (C=O) groups excluding carboxylic acids is 1. The minimum atomic E-state index is -0.370. The first-order chi connectivity index (χ1) is 8.17. The predicted molar refractivity (Wildman–Crippen MR) is 67.6 cm³/mol. The molecule has 0 N–H and O–H groups in total. The van der Waals surface area contributed by atoms with Gasteiger partial charge >= 0.3 is 5.97 Å². The molecule has 2 rings (SSSR count). The lowest BCUT2D eigenvalue weighted by Crippen LogP contribution is -1.99. The molecule has 0 radical (unpaired) electrons. The van der Waals surface area contributed by atoms with E-state index in [1.807, 2.05) is 17.7 Å². The standard InChI is InChI=1S/C11H11ClN2O2S/c1-3-14-8(4-5-13-14)7-6-9(11(15)16-2)17-10(7)12/h4-6H,3H2,1-2H3. The molecule has 4 nitrogen and oxygen atoms in total. The molecule has 0 saturated carbocycles. The van der Waals surface area contributed by atoms with Gasteiger partial charge in [-0.05, 0) is 19.1 Å². The maximum Gasteiger partial charge on any atom is 0.348 e. The second-order valence-corrected chi connectivity index (χ2v) is 4.98. The summed E-state index contributed by atoms with van der Waals surface area (Å²) in [5.74, 6) is -0.370. The average Bonchev–Trinajstić information content (AvgIpc) is 2.93. The first-order valence-corrected chi connectivity index (χ1v) is 6.26. The van der Waals surface area contributed by atoms with Crippen LogP contribution in [-0.2, 0) is 11.3 Å². The number of halogens is 1. The Morgan fingerprint density at radius 2 is 2.41 bits per heavy atom. The molecule has 0 aliphatic rings. The predicted octanol–water partition coefficient (Wildman–Crippen LogP) is 3.07. The molecule has 90 valence electrons. The Morgan fingerprint density at radius 3 is 3.06 bits per heavy atom. The third-order valence-corrected chi connectivity index (χ3v) is 3.70.